The largest absolute Gasteiger partial charge is 0.744 e. The highest BCUT2D eigenvalue weighted by molar-refractivity contribution is 7.86. The molecule has 0 saturated heterocycles. The monoisotopic (exact) mass is 937 g/mol. The summed E-state index contributed by atoms with van der Waals surface area (Å²) in [6.45, 7) is 9.54. The number of hydrogen-bond donors (Lipinski definition) is 3. The Morgan fingerprint density at radius 3 is 1.09 bits per heavy atom. The molecule has 0 aliphatic heterocycles. The van der Waals surface area contributed by atoms with Crippen molar-refractivity contribution in [3.63, 3.8) is 0 Å². The van der Waals surface area contributed by atoms with Crippen LogP contribution in [0.15, 0.2) is 180 Å². The van der Waals surface area contributed by atoms with E-state index in [4.69, 9.17) is 0 Å². The number of anilines is 3. The van der Waals surface area contributed by atoms with E-state index >= 15 is 0 Å². The van der Waals surface area contributed by atoms with Crippen LogP contribution in [0.5, 0.6) is 0 Å². The van der Waals surface area contributed by atoms with Crippen molar-refractivity contribution in [1.29, 1.82) is 0 Å². The number of benzene rings is 6. The van der Waals surface area contributed by atoms with Gasteiger partial charge in [-0.3, -0.25) is 14.4 Å². The zero-order valence-electron chi connectivity index (χ0n) is 37.0. The van der Waals surface area contributed by atoms with Gasteiger partial charge < -0.3 is 25.1 Å². The smallest absolute Gasteiger partial charge is 0.255 e. The quantitative estimate of drug-likeness (QED) is 0.0891. The lowest BCUT2D eigenvalue weighted by Crippen LogP contribution is -2.32. The van der Waals surface area contributed by atoms with Crippen molar-refractivity contribution in [1.82, 2.24) is 0 Å². The van der Waals surface area contributed by atoms with Gasteiger partial charge in [-0.25, -0.2) is 16.8 Å². The number of aryl methyl sites for hydroxylation is 4. The van der Waals surface area contributed by atoms with E-state index < -0.39 is 20.2 Å². The van der Waals surface area contributed by atoms with Gasteiger partial charge in [0.05, 0.1) is 9.79 Å². The SMILES string of the molecule is CC[n+]1cccc2cc(NC(=O)c3ccc(NC(=O)c4ccc(C(=O)Nc5ccc6c(ccc[n+]6CC)c5)cc4)cc3)ccc21.Cc1ccc(S(=O)(=O)[O-])cc1.Cc1ccc(S(=O)(=O)[O-])cc1. The summed E-state index contributed by atoms with van der Waals surface area (Å²) in [4.78, 5) is 38.3. The van der Waals surface area contributed by atoms with Crippen LogP contribution in [0.25, 0.3) is 21.8 Å². The van der Waals surface area contributed by atoms with E-state index in [1.165, 1.54) is 24.3 Å². The van der Waals surface area contributed by atoms with Crippen LogP contribution in [0, 0.1) is 13.8 Å². The predicted molar refractivity (Wildman–Crippen MR) is 255 cm³/mol. The van der Waals surface area contributed by atoms with Crippen molar-refractivity contribution < 1.29 is 49.5 Å². The van der Waals surface area contributed by atoms with Crippen molar-refractivity contribution in [3.05, 3.63) is 198 Å². The minimum absolute atomic E-state index is 0.178. The number of hydrogen-bond acceptors (Lipinski definition) is 9. The molecule has 0 saturated carbocycles. The van der Waals surface area contributed by atoms with Crippen LogP contribution < -0.4 is 25.1 Å². The first-order valence-corrected chi connectivity index (χ1v) is 23.8. The molecular weight excluding hydrogens is 891 g/mol. The number of rotatable bonds is 10. The van der Waals surface area contributed by atoms with E-state index in [9.17, 15) is 40.3 Å². The van der Waals surface area contributed by atoms with Gasteiger partial charge in [0.15, 0.2) is 12.4 Å². The summed E-state index contributed by atoms with van der Waals surface area (Å²) in [5, 5.41) is 10.8. The second-order valence-corrected chi connectivity index (χ2v) is 17.9. The maximum atomic E-state index is 12.9. The van der Waals surface area contributed by atoms with Gasteiger partial charge in [-0.1, -0.05) is 35.4 Å². The number of nitrogens with one attached hydrogen (secondary N) is 3. The Morgan fingerprint density at radius 2 is 0.761 bits per heavy atom. The van der Waals surface area contributed by atoms with E-state index in [-0.39, 0.29) is 27.5 Å². The van der Waals surface area contributed by atoms with Gasteiger partial charge in [0.2, 0.25) is 11.0 Å². The van der Waals surface area contributed by atoms with Gasteiger partial charge in [0.25, 0.3) is 17.7 Å². The van der Waals surface area contributed by atoms with Gasteiger partial charge in [-0.2, -0.15) is 9.13 Å². The van der Waals surface area contributed by atoms with Crippen molar-refractivity contribution in [2.24, 2.45) is 0 Å². The molecule has 2 aromatic heterocycles. The number of pyridine rings is 2. The van der Waals surface area contributed by atoms with Crippen molar-refractivity contribution in [2.75, 3.05) is 16.0 Å². The minimum Gasteiger partial charge on any atom is -0.744 e. The molecule has 0 aliphatic rings. The van der Waals surface area contributed by atoms with Crippen molar-refractivity contribution in [2.45, 2.75) is 50.6 Å². The summed E-state index contributed by atoms with van der Waals surface area (Å²) in [5.41, 5.74) is 7.32. The van der Waals surface area contributed by atoms with Gasteiger partial charge in [-0.05, 0) is 137 Å². The highest BCUT2D eigenvalue weighted by Gasteiger charge is 2.14. The van der Waals surface area contributed by atoms with E-state index in [0.717, 1.165) is 46.0 Å². The zero-order chi connectivity index (χ0) is 48.3. The van der Waals surface area contributed by atoms with Crippen LogP contribution in [0.3, 0.4) is 0 Å². The highest BCUT2D eigenvalue weighted by atomic mass is 32.2. The molecule has 8 aromatic rings. The lowest BCUT2D eigenvalue weighted by atomic mass is 10.1. The molecule has 0 spiro atoms. The molecule has 0 aliphatic carbocycles. The summed E-state index contributed by atoms with van der Waals surface area (Å²) in [5.74, 6) is -0.824. The average Bonchev–Trinajstić information content (AvgIpc) is 3.31. The van der Waals surface area contributed by atoms with Crippen LogP contribution in [-0.4, -0.2) is 43.7 Å². The second-order valence-electron chi connectivity index (χ2n) is 15.2. The van der Waals surface area contributed by atoms with E-state index in [1.54, 1.807) is 72.8 Å². The molecule has 342 valence electrons. The fraction of sp³-hybridized carbons (Fsp3) is 0.118. The number of aromatic nitrogens is 2. The number of carbonyl (C=O) groups excluding carboxylic acids is 3. The molecule has 0 fully saturated rings. The molecule has 2 heterocycles. The number of amides is 3. The maximum Gasteiger partial charge on any atom is 0.255 e. The third-order valence-corrected chi connectivity index (χ3v) is 12.1. The molecular formula is C51H47N5O9S2. The molecule has 8 rings (SSSR count). The molecule has 0 atom stereocenters. The summed E-state index contributed by atoms with van der Waals surface area (Å²) in [6.07, 6.45) is 4.06. The Hall–Kier alpha value is -7.63. The highest BCUT2D eigenvalue weighted by Crippen LogP contribution is 2.20. The predicted octanol–water partition coefficient (Wildman–Crippen LogP) is 8.16. The average molecular weight is 938 g/mol. The first kappa shape index (κ1) is 48.8. The lowest BCUT2D eigenvalue weighted by Gasteiger charge is -2.09. The Kier molecular flexibility index (Phi) is 15.7. The molecule has 0 bridgehead atoms. The van der Waals surface area contributed by atoms with E-state index in [2.05, 4.69) is 38.9 Å². The normalized spacial score (nSPS) is 11.1. The molecule has 67 heavy (non-hydrogen) atoms. The Labute approximate surface area is 389 Å². The van der Waals surface area contributed by atoms with Crippen LogP contribution >= 0.6 is 0 Å². The lowest BCUT2D eigenvalue weighted by molar-refractivity contribution is -0.668. The van der Waals surface area contributed by atoms with Crippen molar-refractivity contribution in [3.8, 4) is 0 Å². The first-order valence-electron chi connectivity index (χ1n) is 21.0. The number of carbonyl (C=O) groups is 3. The van der Waals surface area contributed by atoms with Crippen LogP contribution in [0.2, 0.25) is 0 Å². The fourth-order valence-corrected chi connectivity index (χ4v) is 7.70. The molecule has 14 nitrogen and oxygen atoms in total. The van der Waals surface area contributed by atoms with Crippen molar-refractivity contribution >= 4 is 76.8 Å². The van der Waals surface area contributed by atoms with Gasteiger partial charge in [-0.15, -0.1) is 0 Å². The van der Waals surface area contributed by atoms with Gasteiger partial charge >= 0.3 is 0 Å². The summed E-state index contributed by atoms with van der Waals surface area (Å²) >= 11 is 0. The maximum absolute atomic E-state index is 12.9. The third kappa shape index (κ3) is 13.2. The van der Waals surface area contributed by atoms with Crippen LogP contribution in [0.1, 0.15) is 56.0 Å². The molecule has 3 amide bonds. The third-order valence-electron chi connectivity index (χ3n) is 10.4. The zero-order valence-corrected chi connectivity index (χ0v) is 38.6. The Morgan fingerprint density at radius 1 is 0.448 bits per heavy atom. The summed E-state index contributed by atoms with van der Waals surface area (Å²) < 4.78 is 66.6. The van der Waals surface area contributed by atoms with Gasteiger partial charge in [0.1, 0.15) is 33.3 Å². The van der Waals surface area contributed by atoms with Crippen LogP contribution in [-0.2, 0) is 33.3 Å². The van der Waals surface area contributed by atoms with Crippen LogP contribution in [0.4, 0.5) is 17.1 Å². The number of fused-ring (bicyclic) bond motifs is 2. The summed E-state index contributed by atoms with van der Waals surface area (Å²) in [7, 11) is -8.54. The number of nitrogens with zero attached hydrogens (tertiary/aromatic N) is 2. The first-order chi connectivity index (χ1) is 31.9. The Balaban J connectivity index is 0.000000274. The topological polar surface area (TPSA) is 209 Å². The fourth-order valence-electron chi connectivity index (χ4n) is 6.77. The summed E-state index contributed by atoms with van der Waals surface area (Å²) in [6, 6.07) is 44.4. The molecule has 3 N–H and O–H groups in total. The minimum atomic E-state index is -4.27. The molecule has 16 heteroatoms. The van der Waals surface area contributed by atoms with E-state index in [1.807, 2.05) is 86.9 Å². The Bertz CT molecular complexity index is 3220. The molecule has 6 aromatic carbocycles. The van der Waals surface area contributed by atoms with E-state index in [0.29, 0.717) is 33.8 Å². The van der Waals surface area contributed by atoms with Gasteiger partial charge in [0, 0.05) is 68.8 Å². The molecule has 0 radical (unpaired) electrons. The second kappa shape index (κ2) is 21.6. The standard InChI is InChI=1S/C37H31N5O3.2C7H8O3S/c1-3-41-21-5-7-28-23-31(17-19-33(28)41)39-36(44)26-11-9-25(10-12-26)35(43)38-30-15-13-27(14-16-30)37(45)40-32-18-20-34-29(24-32)8-6-22-42(34)4-2;2*1-6-2-4-7(5-3-6)11(8,9)10/h5-24H,3-4H2,1-2H3,(H-2,38,39,40,43,44,45);2*2-5H,1H3,(H,8,9,10). The molecule has 0 unspecified atom stereocenters.